The van der Waals surface area contributed by atoms with Crippen molar-refractivity contribution in [1.82, 2.24) is 0 Å². The van der Waals surface area contributed by atoms with Crippen LogP contribution in [0.25, 0.3) is 0 Å². The first-order chi connectivity index (χ1) is 8.14. The predicted octanol–water partition coefficient (Wildman–Crippen LogP) is 1.94. The second-order valence-corrected chi connectivity index (χ2v) is 4.97. The fourth-order valence-electron chi connectivity index (χ4n) is 2.41. The van der Waals surface area contributed by atoms with Gasteiger partial charge in [-0.2, -0.15) is 0 Å². The van der Waals surface area contributed by atoms with Gasteiger partial charge in [-0.3, -0.25) is 0 Å². The number of para-hydroxylation sites is 1. The van der Waals surface area contributed by atoms with Crippen LogP contribution in [-0.4, -0.2) is 31.8 Å². The Morgan fingerprint density at radius 3 is 2.76 bits per heavy atom. The minimum atomic E-state index is -0.182. The van der Waals surface area contributed by atoms with Crippen LogP contribution in [-0.2, 0) is 4.74 Å². The highest BCUT2D eigenvalue weighted by atomic mass is 16.5. The highest BCUT2D eigenvalue weighted by Crippen LogP contribution is 2.24. The Labute approximate surface area is 104 Å². The van der Waals surface area contributed by atoms with Crippen LogP contribution in [0.2, 0.25) is 0 Å². The van der Waals surface area contributed by atoms with E-state index in [0.717, 1.165) is 26.1 Å². The van der Waals surface area contributed by atoms with Gasteiger partial charge in [0.1, 0.15) is 0 Å². The molecule has 1 aliphatic rings. The van der Waals surface area contributed by atoms with Gasteiger partial charge in [-0.25, -0.2) is 0 Å². The quantitative estimate of drug-likeness (QED) is 0.865. The lowest BCUT2D eigenvalue weighted by Gasteiger charge is -2.33. The van der Waals surface area contributed by atoms with E-state index in [1.165, 1.54) is 11.3 Å². The second-order valence-electron chi connectivity index (χ2n) is 4.97. The average Bonchev–Trinajstić information content (AvgIpc) is 2.74. The molecular formula is C14H22N2O. The van der Waals surface area contributed by atoms with Crippen molar-refractivity contribution in [2.45, 2.75) is 25.8 Å². The van der Waals surface area contributed by atoms with Crippen molar-refractivity contribution in [3.05, 3.63) is 29.8 Å². The highest BCUT2D eigenvalue weighted by Gasteiger charge is 2.32. The fraction of sp³-hybridized carbons (Fsp3) is 0.571. The summed E-state index contributed by atoms with van der Waals surface area (Å²) >= 11 is 0. The van der Waals surface area contributed by atoms with E-state index in [-0.39, 0.29) is 5.54 Å². The van der Waals surface area contributed by atoms with E-state index < -0.39 is 0 Å². The van der Waals surface area contributed by atoms with Crippen LogP contribution in [0.5, 0.6) is 0 Å². The number of hydrogen-bond donors (Lipinski definition) is 1. The van der Waals surface area contributed by atoms with E-state index in [0.29, 0.717) is 6.61 Å². The van der Waals surface area contributed by atoms with E-state index >= 15 is 0 Å². The maximum atomic E-state index is 6.36. The molecule has 0 aromatic heterocycles. The van der Waals surface area contributed by atoms with E-state index in [1.807, 2.05) is 0 Å². The van der Waals surface area contributed by atoms with E-state index in [1.54, 1.807) is 0 Å². The van der Waals surface area contributed by atoms with Gasteiger partial charge in [0.25, 0.3) is 0 Å². The smallest absolute Gasteiger partial charge is 0.0664 e. The lowest BCUT2D eigenvalue weighted by Crippen LogP contribution is -2.51. The third kappa shape index (κ3) is 2.79. The highest BCUT2D eigenvalue weighted by molar-refractivity contribution is 5.53. The summed E-state index contributed by atoms with van der Waals surface area (Å²) in [6.07, 6.45) is 0.954. The third-order valence-electron chi connectivity index (χ3n) is 3.48. The Morgan fingerprint density at radius 2 is 2.18 bits per heavy atom. The number of nitrogens with two attached hydrogens (primary N) is 1. The molecule has 0 radical (unpaired) electrons. The van der Waals surface area contributed by atoms with Gasteiger partial charge < -0.3 is 15.4 Å². The van der Waals surface area contributed by atoms with Gasteiger partial charge in [0, 0.05) is 25.4 Å². The maximum absolute atomic E-state index is 6.36. The molecular weight excluding hydrogens is 212 g/mol. The lowest BCUT2D eigenvalue weighted by molar-refractivity contribution is 0.179. The van der Waals surface area contributed by atoms with Crippen molar-refractivity contribution in [1.29, 1.82) is 0 Å². The van der Waals surface area contributed by atoms with Crippen molar-refractivity contribution >= 4 is 5.69 Å². The summed E-state index contributed by atoms with van der Waals surface area (Å²) in [7, 11) is 0. The SMILES string of the molecule is CCN(CC1(N)CCOC1)c1ccccc1C. The molecule has 1 aromatic carbocycles. The van der Waals surface area contributed by atoms with Gasteiger partial charge in [-0.05, 0) is 31.9 Å². The van der Waals surface area contributed by atoms with E-state index in [2.05, 4.69) is 43.0 Å². The second kappa shape index (κ2) is 5.07. The standard InChI is InChI=1S/C14H22N2O/c1-3-16(10-14(15)8-9-17-11-14)13-7-5-4-6-12(13)2/h4-7H,3,8-11,15H2,1-2H3. The van der Waals surface area contributed by atoms with Gasteiger partial charge >= 0.3 is 0 Å². The Morgan fingerprint density at radius 1 is 1.41 bits per heavy atom. The number of rotatable bonds is 4. The zero-order valence-electron chi connectivity index (χ0n) is 10.8. The van der Waals surface area contributed by atoms with Crippen molar-refractivity contribution in [3.8, 4) is 0 Å². The molecule has 1 aromatic rings. The zero-order valence-corrected chi connectivity index (χ0v) is 10.8. The summed E-state index contributed by atoms with van der Waals surface area (Å²) in [4.78, 5) is 2.35. The molecule has 94 valence electrons. The monoisotopic (exact) mass is 234 g/mol. The molecule has 1 heterocycles. The molecule has 0 amide bonds. The molecule has 3 nitrogen and oxygen atoms in total. The Hall–Kier alpha value is -1.06. The average molecular weight is 234 g/mol. The predicted molar refractivity (Wildman–Crippen MR) is 71.4 cm³/mol. The Kier molecular flexibility index (Phi) is 3.69. The van der Waals surface area contributed by atoms with Crippen LogP contribution in [0.4, 0.5) is 5.69 Å². The molecule has 3 heteroatoms. The molecule has 0 aliphatic carbocycles. The minimum Gasteiger partial charge on any atom is -0.379 e. The summed E-state index contributed by atoms with van der Waals surface area (Å²) in [6, 6.07) is 8.47. The van der Waals surface area contributed by atoms with Gasteiger partial charge in [-0.15, -0.1) is 0 Å². The van der Waals surface area contributed by atoms with Crippen LogP contribution in [0.1, 0.15) is 18.9 Å². The number of nitrogens with zero attached hydrogens (tertiary/aromatic N) is 1. The van der Waals surface area contributed by atoms with Gasteiger partial charge in [0.05, 0.1) is 12.1 Å². The summed E-state index contributed by atoms with van der Waals surface area (Å²) in [5, 5.41) is 0. The number of hydrogen-bond acceptors (Lipinski definition) is 3. The lowest BCUT2D eigenvalue weighted by atomic mass is 9.99. The number of benzene rings is 1. The maximum Gasteiger partial charge on any atom is 0.0664 e. The van der Waals surface area contributed by atoms with Crippen LogP contribution >= 0.6 is 0 Å². The first-order valence-electron chi connectivity index (χ1n) is 6.32. The minimum absolute atomic E-state index is 0.182. The van der Waals surface area contributed by atoms with E-state index in [4.69, 9.17) is 10.5 Å². The largest absolute Gasteiger partial charge is 0.379 e. The fourth-order valence-corrected chi connectivity index (χ4v) is 2.41. The number of anilines is 1. The summed E-state index contributed by atoms with van der Waals surface area (Å²) in [5.74, 6) is 0. The molecule has 0 spiro atoms. The third-order valence-corrected chi connectivity index (χ3v) is 3.48. The van der Waals surface area contributed by atoms with Crippen molar-refractivity contribution in [2.75, 3.05) is 31.2 Å². The topological polar surface area (TPSA) is 38.5 Å². The van der Waals surface area contributed by atoms with Crippen molar-refractivity contribution in [3.63, 3.8) is 0 Å². The molecule has 1 unspecified atom stereocenters. The molecule has 0 bridgehead atoms. The van der Waals surface area contributed by atoms with Crippen molar-refractivity contribution < 1.29 is 4.74 Å². The molecule has 1 atom stereocenters. The summed E-state index contributed by atoms with van der Waals surface area (Å²) in [6.45, 7) is 7.63. The number of likely N-dealkylation sites (N-methyl/N-ethyl adjacent to an activating group) is 1. The van der Waals surface area contributed by atoms with Gasteiger partial charge in [0.2, 0.25) is 0 Å². The van der Waals surface area contributed by atoms with E-state index in [9.17, 15) is 0 Å². The molecule has 2 N–H and O–H groups in total. The first-order valence-corrected chi connectivity index (χ1v) is 6.32. The van der Waals surface area contributed by atoms with Crippen LogP contribution < -0.4 is 10.6 Å². The zero-order chi connectivity index (χ0) is 12.3. The van der Waals surface area contributed by atoms with Crippen molar-refractivity contribution in [2.24, 2.45) is 5.73 Å². The van der Waals surface area contributed by atoms with Crippen LogP contribution in [0, 0.1) is 6.92 Å². The normalized spacial score (nSPS) is 23.9. The van der Waals surface area contributed by atoms with Gasteiger partial charge in [-0.1, -0.05) is 18.2 Å². The molecule has 1 aliphatic heterocycles. The van der Waals surface area contributed by atoms with Crippen LogP contribution in [0.15, 0.2) is 24.3 Å². The van der Waals surface area contributed by atoms with Gasteiger partial charge in [0.15, 0.2) is 0 Å². The Balaban J connectivity index is 2.14. The number of ether oxygens (including phenoxy) is 1. The first kappa shape index (κ1) is 12.4. The Bertz CT molecular complexity index is 372. The molecule has 1 saturated heterocycles. The summed E-state index contributed by atoms with van der Waals surface area (Å²) < 4.78 is 5.42. The molecule has 2 rings (SSSR count). The molecule has 17 heavy (non-hydrogen) atoms. The number of aryl methyl sites for hydroxylation is 1. The summed E-state index contributed by atoms with van der Waals surface area (Å²) in [5.41, 5.74) is 8.76. The van der Waals surface area contributed by atoms with Crippen LogP contribution in [0.3, 0.4) is 0 Å². The molecule has 1 fully saturated rings. The molecule has 0 saturated carbocycles.